The second-order valence-corrected chi connectivity index (χ2v) is 2.72. The lowest BCUT2D eigenvalue weighted by atomic mass is 10.2. The quantitative estimate of drug-likeness (QED) is 0.751. The number of rotatable bonds is 5. The highest BCUT2D eigenvalue weighted by atomic mass is 19.1. The van der Waals surface area contributed by atoms with Gasteiger partial charge < -0.3 is 10.1 Å². The van der Waals surface area contributed by atoms with Crippen molar-refractivity contribution in [2.24, 2.45) is 0 Å². The summed E-state index contributed by atoms with van der Waals surface area (Å²) in [5.74, 6) is 0.727. The van der Waals surface area contributed by atoms with Gasteiger partial charge in [-0.3, -0.25) is 0 Å². The molecule has 1 aromatic carbocycles. The zero-order valence-electron chi connectivity index (χ0n) is 7.72. The van der Waals surface area contributed by atoms with Crippen molar-refractivity contribution in [1.29, 1.82) is 0 Å². The summed E-state index contributed by atoms with van der Waals surface area (Å²) in [7, 11) is 1.88. The third kappa shape index (κ3) is 3.42. The Labute approximate surface area is 77.7 Å². The standard InChI is InChI=1S/C10H14FNO/c1-12-8-9-3-2-4-10(7-9)13-6-5-11/h2-4,7,12H,5-6,8H2,1H3. The summed E-state index contributed by atoms with van der Waals surface area (Å²) < 4.78 is 16.9. The number of benzene rings is 1. The average Bonchev–Trinajstić information content (AvgIpc) is 2.16. The molecule has 0 aliphatic carbocycles. The minimum Gasteiger partial charge on any atom is -0.491 e. The molecule has 0 heterocycles. The molecule has 3 heteroatoms. The maximum absolute atomic E-state index is 11.8. The fraction of sp³-hybridized carbons (Fsp3) is 0.400. The molecule has 0 fully saturated rings. The van der Waals surface area contributed by atoms with Gasteiger partial charge >= 0.3 is 0 Å². The molecular weight excluding hydrogens is 169 g/mol. The van der Waals surface area contributed by atoms with E-state index in [4.69, 9.17) is 4.74 Å². The van der Waals surface area contributed by atoms with E-state index in [2.05, 4.69) is 5.32 Å². The summed E-state index contributed by atoms with van der Waals surface area (Å²) in [5, 5.41) is 3.04. The van der Waals surface area contributed by atoms with E-state index < -0.39 is 6.67 Å². The highest BCUT2D eigenvalue weighted by Crippen LogP contribution is 2.12. The molecule has 1 aromatic rings. The van der Waals surface area contributed by atoms with Crippen LogP contribution in [-0.2, 0) is 6.54 Å². The van der Waals surface area contributed by atoms with Crippen molar-refractivity contribution in [2.75, 3.05) is 20.3 Å². The van der Waals surface area contributed by atoms with Gasteiger partial charge in [-0.25, -0.2) is 4.39 Å². The number of ether oxygens (including phenoxy) is 1. The van der Waals surface area contributed by atoms with Crippen LogP contribution in [0.2, 0.25) is 0 Å². The molecule has 0 aliphatic heterocycles. The number of nitrogens with one attached hydrogen (secondary N) is 1. The summed E-state index contributed by atoms with van der Waals surface area (Å²) in [6, 6.07) is 7.64. The molecule has 0 aliphatic rings. The Balaban J connectivity index is 2.56. The van der Waals surface area contributed by atoms with E-state index >= 15 is 0 Å². The highest BCUT2D eigenvalue weighted by Gasteiger charge is 1.95. The fourth-order valence-corrected chi connectivity index (χ4v) is 1.11. The van der Waals surface area contributed by atoms with Crippen LogP contribution < -0.4 is 10.1 Å². The molecule has 0 atom stereocenters. The maximum Gasteiger partial charge on any atom is 0.123 e. The Morgan fingerprint density at radius 3 is 3.00 bits per heavy atom. The minimum absolute atomic E-state index is 0.128. The van der Waals surface area contributed by atoms with Crippen molar-refractivity contribution in [3.05, 3.63) is 29.8 Å². The van der Waals surface area contributed by atoms with Crippen LogP contribution in [0.15, 0.2) is 24.3 Å². The lowest BCUT2D eigenvalue weighted by molar-refractivity contribution is 0.273. The summed E-state index contributed by atoms with van der Waals surface area (Å²) in [4.78, 5) is 0. The van der Waals surface area contributed by atoms with Crippen LogP contribution in [0.3, 0.4) is 0 Å². The predicted octanol–water partition coefficient (Wildman–Crippen LogP) is 1.75. The van der Waals surface area contributed by atoms with E-state index in [0.29, 0.717) is 0 Å². The van der Waals surface area contributed by atoms with Gasteiger partial charge in [-0.15, -0.1) is 0 Å². The van der Waals surface area contributed by atoms with E-state index in [9.17, 15) is 4.39 Å². The normalized spacial score (nSPS) is 10.0. The van der Waals surface area contributed by atoms with Crippen molar-refractivity contribution >= 4 is 0 Å². The van der Waals surface area contributed by atoms with E-state index in [1.54, 1.807) is 0 Å². The van der Waals surface area contributed by atoms with Crippen molar-refractivity contribution in [3.63, 3.8) is 0 Å². The van der Waals surface area contributed by atoms with Crippen LogP contribution in [0.4, 0.5) is 4.39 Å². The zero-order chi connectivity index (χ0) is 9.52. The molecule has 0 unspecified atom stereocenters. The number of hydrogen-bond acceptors (Lipinski definition) is 2. The van der Waals surface area contributed by atoms with Gasteiger partial charge in [-0.1, -0.05) is 12.1 Å². The average molecular weight is 183 g/mol. The molecule has 0 aromatic heterocycles. The van der Waals surface area contributed by atoms with E-state index in [0.717, 1.165) is 17.9 Å². The second-order valence-electron chi connectivity index (χ2n) is 2.72. The lowest BCUT2D eigenvalue weighted by Gasteiger charge is -2.05. The molecule has 0 amide bonds. The summed E-state index contributed by atoms with van der Waals surface area (Å²) in [5.41, 5.74) is 1.14. The van der Waals surface area contributed by atoms with Crippen molar-refractivity contribution in [2.45, 2.75) is 6.54 Å². The summed E-state index contributed by atoms with van der Waals surface area (Å²) in [6.07, 6.45) is 0. The molecule has 72 valence electrons. The Morgan fingerprint density at radius 2 is 2.31 bits per heavy atom. The van der Waals surface area contributed by atoms with Crippen molar-refractivity contribution in [3.8, 4) is 5.75 Å². The Bertz CT molecular complexity index is 252. The van der Waals surface area contributed by atoms with E-state index in [1.807, 2.05) is 31.3 Å². The van der Waals surface area contributed by atoms with Gasteiger partial charge in [0.15, 0.2) is 0 Å². The maximum atomic E-state index is 11.8. The van der Waals surface area contributed by atoms with Gasteiger partial charge in [-0.2, -0.15) is 0 Å². The number of hydrogen-bond donors (Lipinski definition) is 1. The van der Waals surface area contributed by atoms with Crippen LogP contribution in [0, 0.1) is 0 Å². The summed E-state index contributed by atoms with van der Waals surface area (Å²) >= 11 is 0. The molecule has 1 N–H and O–H groups in total. The monoisotopic (exact) mass is 183 g/mol. The first kappa shape index (κ1) is 9.99. The molecule has 0 spiro atoms. The highest BCUT2D eigenvalue weighted by molar-refractivity contribution is 5.28. The molecule has 1 rings (SSSR count). The predicted molar refractivity (Wildman–Crippen MR) is 50.7 cm³/mol. The van der Waals surface area contributed by atoms with Crippen LogP contribution >= 0.6 is 0 Å². The first-order chi connectivity index (χ1) is 6.36. The molecule has 0 saturated carbocycles. The van der Waals surface area contributed by atoms with Crippen molar-refractivity contribution < 1.29 is 9.13 Å². The van der Waals surface area contributed by atoms with Gasteiger partial charge in [0.05, 0.1) is 0 Å². The molecule has 0 bridgehead atoms. The van der Waals surface area contributed by atoms with Crippen LogP contribution in [0.25, 0.3) is 0 Å². The van der Waals surface area contributed by atoms with Gasteiger partial charge in [0.25, 0.3) is 0 Å². The largest absolute Gasteiger partial charge is 0.491 e. The van der Waals surface area contributed by atoms with Gasteiger partial charge in [0, 0.05) is 6.54 Å². The smallest absolute Gasteiger partial charge is 0.123 e. The third-order valence-corrected chi connectivity index (χ3v) is 1.63. The van der Waals surface area contributed by atoms with Crippen LogP contribution in [0.5, 0.6) is 5.75 Å². The lowest BCUT2D eigenvalue weighted by Crippen LogP contribution is -2.05. The topological polar surface area (TPSA) is 21.3 Å². The Kier molecular flexibility index (Phi) is 4.26. The first-order valence-corrected chi connectivity index (χ1v) is 4.29. The Hall–Kier alpha value is -1.09. The van der Waals surface area contributed by atoms with Crippen LogP contribution in [-0.4, -0.2) is 20.3 Å². The van der Waals surface area contributed by atoms with Crippen molar-refractivity contribution in [1.82, 2.24) is 5.32 Å². The molecule has 2 nitrogen and oxygen atoms in total. The number of alkyl halides is 1. The van der Waals surface area contributed by atoms with E-state index in [1.165, 1.54) is 0 Å². The van der Waals surface area contributed by atoms with Crippen LogP contribution in [0.1, 0.15) is 5.56 Å². The Morgan fingerprint density at radius 1 is 1.46 bits per heavy atom. The first-order valence-electron chi connectivity index (χ1n) is 4.29. The third-order valence-electron chi connectivity index (χ3n) is 1.63. The summed E-state index contributed by atoms with van der Waals surface area (Å²) in [6.45, 7) is 0.478. The minimum atomic E-state index is -0.448. The SMILES string of the molecule is CNCc1cccc(OCCF)c1. The molecule has 13 heavy (non-hydrogen) atoms. The van der Waals surface area contributed by atoms with Gasteiger partial charge in [0.1, 0.15) is 19.0 Å². The fourth-order valence-electron chi connectivity index (χ4n) is 1.11. The molecule has 0 saturated heterocycles. The van der Waals surface area contributed by atoms with Gasteiger partial charge in [-0.05, 0) is 24.7 Å². The molecule has 0 radical (unpaired) electrons. The number of halogens is 1. The second kappa shape index (κ2) is 5.54. The zero-order valence-corrected chi connectivity index (χ0v) is 7.72. The van der Waals surface area contributed by atoms with Gasteiger partial charge in [0.2, 0.25) is 0 Å². The molecular formula is C10H14FNO. The van der Waals surface area contributed by atoms with E-state index in [-0.39, 0.29) is 6.61 Å².